The molecule has 46 heavy (non-hydrogen) atoms. The molecule has 0 aliphatic rings. The van der Waals surface area contributed by atoms with Crippen LogP contribution < -0.4 is 9.47 Å². The summed E-state index contributed by atoms with van der Waals surface area (Å²) >= 11 is 0. The first-order chi connectivity index (χ1) is 22.1. The molecule has 0 N–H and O–H groups in total. The summed E-state index contributed by atoms with van der Waals surface area (Å²) in [5.74, 6) is 1.22. The van der Waals surface area contributed by atoms with Crippen molar-refractivity contribution in [3.63, 3.8) is 0 Å². The summed E-state index contributed by atoms with van der Waals surface area (Å²) in [7, 11) is -6.03. The minimum absolute atomic E-state index is 0.0335. The first-order valence-electron chi connectivity index (χ1n) is 12.8. The summed E-state index contributed by atoms with van der Waals surface area (Å²) in [6, 6.07) is 21.2. The summed E-state index contributed by atoms with van der Waals surface area (Å²) in [4.78, 5) is 3.97. The molecule has 0 saturated heterocycles. The number of sulfonamides is 2. The van der Waals surface area contributed by atoms with Gasteiger partial charge in [-0.2, -0.15) is 20.5 Å². The van der Waals surface area contributed by atoms with Crippen molar-refractivity contribution in [3.8, 4) is 11.5 Å². The average molecular weight is 659 g/mol. The van der Waals surface area contributed by atoms with Gasteiger partial charge in [0.1, 0.15) is 11.5 Å². The summed E-state index contributed by atoms with van der Waals surface area (Å²) in [5, 5.41) is 16.3. The second-order valence-electron chi connectivity index (χ2n) is 8.87. The van der Waals surface area contributed by atoms with Gasteiger partial charge in [-0.15, -0.1) is 0 Å². The van der Waals surface area contributed by atoms with Crippen molar-refractivity contribution in [1.29, 1.82) is 0 Å². The highest BCUT2D eigenvalue weighted by Crippen LogP contribution is 2.31. The molecule has 4 aromatic rings. The number of methoxy groups -OCH3 is 2. The summed E-state index contributed by atoms with van der Waals surface area (Å²) < 4.78 is 67.3. The lowest BCUT2D eigenvalue weighted by molar-refractivity contribution is 0.414. The van der Waals surface area contributed by atoms with E-state index in [0.717, 1.165) is 12.1 Å². The third-order valence-corrected chi connectivity index (χ3v) is 8.38. The largest absolute Gasteiger partial charge is 0.497 e. The predicted octanol–water partition coefficient (Wildman–Crippen LogP) is 8.70. The lowest BCUT2D eigenvalue weighted by Gasteiger charge is -2.07. The molecule has 0 amide bonds. The van der Waals surface area contributed by atoms with Crippen molar-refractivity contribution in [3.05, 3.63) is 117 Å². The molecule has 0 spiro atoms. The van der Waals surface area contributed by atoms with Crippen LogP contribution in [0.3, 0.4) is 0 Å². The molecule has 4 aromatic carbocycles. The molecule has 0 radical (unpaired) electrons. The van der Waals surface area contributed by atoms with Crippen molar-refractivity contribution >= 4 is 54.9 Å². The predicted molar refractivity (Wildman–Crippen MR) is 169 cm³/mol. The molecule has 0 aliphatic heterocycles. The summed E-state index contributed by atoms with van der Waals surface area (Å²) in [6.07, 6.45) is 2.57. The van der Waals surface area contributed by atoms with Gasteiger partial charge in [0.25, 0.3) is 20.0 Å². The zero-order valence-corrected chi connectivity index (χ0v) is 25.6. The average Bonchev–Trinajstić information content (AvgIpc) is 3.06. The molecule has 0 bridgehead atoms. The van der Waals surface area contributed by atoms with Crippen LogP contribution in [0.2, 0.25) is 0 Å². The minimum atomic E-state index is -4.53. The Balaban J connectivity index is 1.73. The van der Waals surface area contributed by atoms with E-state index < -0.39 is 29.8 Å². The highest BCUT2D eigenvalue weighted by atomic mass is 32.2. The first-order valence-corrected chi connectivity index (χ1v) is 15.7. The standard InChI is InChI=1S/C28H22N10O6S2/c1-43-25-13-9-21(10-14-25)31-33-23-7-5-19(27(17-23)45(39,40)37-35-29)3-4-20-6-8-24(18-28(20)46(41,42)38-36-30)34-32-22-11-15-26(44-2)16-12-22/h3-18H,1-2H3. The zero-order chi connectivity index (χ0) is 33.2. The maximum absolute atomic E-state index is 12.8. The van der Waals surface area contributed by atoms with Gasteiger partial charge in [-0.1, -0.05) is 24.3 Å². The molecule has 18 heteroatoms. The Morgan fingerprint density at radius 3 is 1.20 bits per heavy atom. The Bertz CT molecular complexity index is 2000. The number of hydrogen-bond donors (Lipinski definition) is 0. The highest BCUT2D eigenvalue weighted by Gasteiger charge is 2.19. The molecule has 0 aromatic heterocycles. The zero-order valence-electron chi connectivity index (χ0n) is 24.0. The fraction of sp³-hybridized carbons (Fsp3) is 0.0714. The van der Waals surface area contributed by atoms with E-state index in [1.54, 1.807) is 48.5 Å². The third-order valence-electron chi connectivity index (χ3n) is 5.99. The molecule has 0 aliphatic carbocycles. The van der Waals surface area contributed by atoms with Crippen molar-refractivity contribution in [2.45, 2.75) is 9.79 Å². The van der Waals surface area contributed by atoms with Crippen LogP contribution in [0.1, 0.15) is 11.1 Å². The molecule has 0 heterocycles. The maximum Gasteiger partial charge on any atom is 0.265 e. The van der Waals surface area contributed by atoms with E-state index in [-0.39, 0.29) is 22.5 Å². The maximum atomic E-state index is 12.8. The fourth-order valence-corrected chi connectivity index (χ4v) is 5.56. The van der Waals surface area contributed by atoms with E-state index >= 15 is 0 Å². The number of benzene rings is 4. The van der Waals surface area contributed by atoms with Crippen molar-refractivity contribution in [1.82, 2.24) is 0 Å². The molecule has 0 fully saturated rings. The van der Waals surface area contributed by atoms with Gasteiger partial charge in [-0.3, -0.25) is 0 Å². The summed E-state index contributed by atoms with van der Waals surface area (Å²) in [6.45, 7) is 0. The molecule has 0 saturated carbocycles. The van der Waals surface area contributed by atoms with Crippen LogP contribution in [0.25, 0.3) is 33.0 Å². The van der Waals surface area contributed by atoms with E-state index in [9.17, 15) is 16.8 Å². The van der Waals surface area contributed by atoms with Gasteiger partial charge in [0.2, 0.25) is 0 Å². The molecule has 16 nitrogen and oxygen atoms in total. The lowest BCUT2D eigenvalue weighted by atomic mass is 10.1. The molecular formula is C28H22N10O6S2. The van der Waals surface area contributed by atoms with Gasteiger partial charge in [-0.05, 0) is 95.0 Å². The number of hydrogen-bond acceptors (Lipinski definition) is 10. The highest BCUT2D eigenvalue weighted by molar-refractivity contribution is 7.90. The second kappa shape index (κ2) is 14.6. The van der Waals surface area contributed by atoms with Crippen LogP contribution in [0.5, 0.6) is 11.5 Å². The molecular weight excluding hydrogens is 637 g/mol. The Morgan fingerprint density at radius 2 is 0.870 bits per heavy atom. The van der Waals surface area contributed by atoms with E-state index in [1.165, 1.54) is 50.6 Å². The second-order valence-corrected chi connectivity index (χ2v) is 12.0. The number of ether oxygens (including phenoxy) is 2. The van der Waals surface area contributed by atoms with Crippen LogP contribution in [-0.4, -0.2) is 31.1 Å². The topological polar surface area (TPSA) is 234 Å². The van der Waals surface area contributed by atoms with Gasteiger partial charge in [0, 0.05) is 18.9 Å². The Kier molecular flexibility index (Phi) is 10.4. The quantitative estimate of drug-likeness (QED) is 0.0624. The molecule has 0 unspecified atom stereocenters. The van der Waals surface area contributed by atoms with Gasteiger partial charge in [-0.25, -0.2) is 16.8 Å². The molecule has 232 valence electrons. The summed E-state index contributed by atoms with van der Waals surface area (Å²) in [5.41, 5.74) is 18.9. The SMILES string of the molecule is COc1ccc(N=Nc2ccc(C=Cc3ccc(N=Nc4ccc(OC)cc4)cc3S(=O)(=O)N=[N+]=[N-])c(S(=O)(=O)N=[N+]=[N-])c2)cc1. The van der Waals surface area contributed by atoms with Crippen LogP contribution in [0.15, 0.2) is 124 Å². The van der Waals surface area contributed by atoms with Crippen LogP contribution >= 0.6 is 0 Å². The van der Waals surface area contributed by atoms with E-state index in [1.807, 2.05) is 0 Å². The van der Waals surface area contributed by atoms with Gasteiger partial charge < -0.3 is 9.47 Å². The van der Waals surface area contributed by atoms with Crippen molar-refractivity contribution in [2.75, 3.05) is 14.2 Å². The number of azo groups is 2. The van der Waals surface area contributed by atoms with Gasteiger partial charge in [0.05, 0.1) is 46.8 Å². The first kappa shape index (κ1) is 32.8. The Hall–Kier alpha value is -6.06. The van der Waals surface area contributed by atoms with E-state index in [2.05, 4.69) is 39.3 Å². The molecule has 4 rings (SSSR count). The van der Waals surface area contributed by atoms with Gasteiger partial charge >= 0.3 is 0 Å². The Labute approximate surface area is 262 Å². The monoisotopic (exact) mass is 658 g/mol. The van der Waals surface area contributed by atoms with E-state index in [4.69, 9.17) is 20.5 Å². The number of rotatable bonds is 12. The van der Waals surface area contributed by atoms with E-state index in [0.29, 0.717) is 22.9 Å². The van der Waals surface area contributed by atoms with Crippen LogP contribution in [0.4, 0.5) is 22.7 Å². The van der Waals surface area contributed by atoms with Crippen LogP contribution in [-0.2, 0) is 20.0 Å². The third kappa shape index (κ3) is 8.31. The molecule has 0 atom stereocenters. The fourth-order valence-electron chi connectivity index (χ4n) is 3.79. The van der Waals surface area contributed by atoms with Crippen molar-refractivity contribution < 1.29 is 26.3 Å². The number of nitrogens with zero attached hydrogens (tertiary/aromatic N) is 10. The van der Waals surface area contributed by atoms with Crippen LogP contribution in [0, 0.1) is 0 Å². The Morgan fingerprint density at radius 1 is 0.543 bits per heavy atom. The smallest absolute Gasteiger partial charge is 0.265 e. The van der Waals surface area contributed by atoms with Crippen molar-refractivity contribution in [2.24, 2.45) is 29.5 Å². The minimum Gasteiger partial charge on any atom is -0.497 e. The normalized spacial score (nSPS) is 11.8. The van der Waals surface area contributed by atoms with Gasteiger partial charge in [0.15, 0.2) is 0 Å². The number of azide groups is 2. The lowest BCUT2D eigenvalue weighted by Crippen LogP contribution is -1.99.